The fourth-order valence-corrected chi connectivity index (χ4v) is 8.53. The molecule has 2 nitrogen and oxygen atoms in total. The molecule has 2 N–H and O–H groups in total. The van der Waals surface area contributed by atoms with Crippen LogP contribution in [0.3, 0.4) is 0 Å². The molecule has 4 atom stereocenters. The molecule has 0 fully saturated rings. The van der Waals surface area contributed by atoms with Gasteiger partial charge in [-0.2, -0.15) is 0 Å². The summed E-state index contributed by atoms with van der Waals surface area (Å²) in [6.07, 6.45) is 9.70. The van der Waals surface area contributed by atoms with Gasteiger partial charge in [-0.1, -0.05) is 118 Å². The standard InChI is InChI=1S/C42H52N2/c1-7-9-10-16-32-26-33-17-11-13-19-37(33)42(4,44-6)40-28-30(21-23-36(32)40)29-22-24-38-34(25-29)27-31(15-8-2)35-18-12-14-20-39(35)41(38,3)43-5/h11-14,17-25,28,31-32,43-44H,7-10,15-16,26-27H2,1-6H3/t31-,32-,41+,42+/m0/s1. The lowest BCUT2D eigenvalue weighted by Crippen LogP contribution is -2.39. The Morgan fingerprint density at radius 1 is 0.568 bits per heavy atom. The summed E-state index contributed by atoms with van der Waals surface area (Å²) in [6.45, 7) is 9.40. The number of fused-ring (bicyclic) bond motifs is 4. The van der Waals surface area contributed by atoms with Crippen molar-refractivity contribution in [3.63, 3.8) is 0 Å². The summed E-state index contributed by atoms with van der Waals surface area (Å²) >= 11 is 0. The van der Waals surface area contributed by atoms with Crippen LogP contribution in [0.25, 0.3) is 11.1 Å². The summed E-state index contributed by atoms with van der Waals surface area (Å²) in [5.74, 6) is 1.07. The third-order valence-corrected chi connectivity index (χ3v) is 11.2. The molecule has 4 aromatic carbocycles. The van der Waals surface area contributed by atoms with Gasteiger partial charge < -0.3 is 10.6 Å². The molecule has 0 aliphatic heterocycles. The predicted molar refractivity (Wildman–Crippen MR) is 188 cm³/mol. The van der Waals surface area contributed by atoms with E-state index in [1.807, 2.05) is 0 Å². The van der Waals surface area contributed by atoms with Crippen LogP contribution in [-0.2, 0) is 23.9 Å². The maximum atomic E-state index is 3.80. The first kappa shape index (κ1) is 30.8. The van der Waals surface area contributed by atoms with Crippen LogP contribution < -0.4 is 10.6 Å². The lowest BCUT2D eigenvalue weighted by atomic mass is 9.78. The molecule has 2 aliphatic carbocycles. The van der Waals surface area contributed by atoms with Crippen LogP contribution in [-0.4, -0.2) is 14.1 Å². The van der Waals surface area contributed by atoms with Gasteiger partial charge in [-0.25, -0.2) is 0 Å². The molecular formula is C42H52N2. The zero-order valence-electron chi connectivity index (χ0n) is 27.9. The van der Waals surface area contributed by atoms with Crippen molar-refractivity contribution < 1.29 is 0 Å². The second-order valence-corrected chi connectivity index (χ2v) is 13.8. The molecule has 0 saturated carbocycles. The Morgan fingerprint density at radius 3 is 1.91 bits per heavy atom. The van der Waals surface area contributed by atoms with Gasteiger partial charge in [0.1, 0.15) is 0 Å². The quantitative estimate of drug-likeness (QED) is 0.191. The van der Waals surface area contributed by atoms with Crippen LogP contribution in [0.2, 0.25) is 0 Å². The third kappa shape index (κ3) is 5.25. The highest BCUT2D eigenvalue weighted by Crippen LogP contribution is 2.46. The SMILES string of the molecule is CCCCC[C@H]1Cc2ccccc2[C@@](C)(NC)c2cc(-c3ccc4c(c3)C[C@H](CCC)c3ccccc3[C@]4(C)NC)ccc21. The third-order valence-electron chi connectivity index (χ3n) is 11.2. The topological polar surface area (TPSA) is 24.1 Å². The van der Waals surface area contributed by atoms with Gasteiger partial charge in [-0.05, 0) is 127 Å². The molecule has 0 unspecified atom stereocenters. The summed E-state index contributed by atoms with van der Waals surface area (Å²) in [5, 5.41) is 7.55. The molecule has 0 aromatic heterocycles. The molecule has 2 aliphatic rings. The molecule has 230 valence electrons. The molecule has 0 radical (unpaired) electrons. The molecule has 0 heterocycles. The molecule has 0 saturated heterocycles. The Kier molecular flexibility index (Phi) is 8.86. The van der Waals surface area contributed by atoms with E-state index in [9.17, 15) is 0 Å². The summed E-state index contributed by atoms with van der Waals surface area (Å²) < 4.78 is 0. The molecular weight excluding hydrogens is 532 g/mol. The van der Waals surface area contributed by atoms with Gasteiger partial charge in [0.2, 0.25) is 0 Å². The number of hydrogen-bond donors (Lipinski definition) is 2. The Morgan fingerprint density at radius 2 is 1.16 bits per heavy atom. The Bertz CT molecular complexity index is 1620. The first-order valence-corrected chi connectivity index (χ1v) is 17.2. The molecule has 0 spiro atoms. The van der Waals surface area contributed by atoms with Gasteiger partial charge in [-0.15, -0.1) is 0 Å². The van der Waals surface area contributed by atoms with Gasteiger partial charge >= 0.3 is 0 Å². The molecule has 6 rings (SSSR count). The summed E-state index contributed by atoms with van der Waals surface area (Å²) in [6, 6.07) is 33.0. The lowest BCUT2D eigenvalue weighted by Gasteiger charge is -2.34. The summed E-state index contributed by atoms with van der Waals surface area (Å²) in [5.41, 5.74) is 13.9. The Labute approximate surface area is 266 Å². The minimum Gasteiger partial charge on any atom is -0.307 e. The van der Waals surface area contributed by atoms with E-state index in [1.165, 1.54) is 94.2 Å². The second-order valence-electron chi connectivity index (χ2n) is 13.8. The highest BCUT2D eigenvalue weighted by Gasteiger charge is 2.38. The highest BCUT2D eigenvalue weighted by molar-refractivity contribution is 5.69. The zero-order chi connectivity index (χ0) is 30.9. The number of rotatable bonds is 9. The van der Waals surface area contributed by atoms with Crippen molar-refractivity contribution in [2.24, 2.45) is 0 Å². The van der Waals surface area contributed by atoms with E-state index in [0.717, 1.165) is 12.8 Å². The van der Waals surface area contributed by atoms with Gasteiger partial charge in [0, 0.05) is 0 Å². The summed E-state index contributed by atoms with van der Waals surface area (Å²) in [7, 11) is 4.26. The van der Waals surface area contributed by atoms with Crippen molar-refractivity contribution in [2.75, 3.05) is 14.1 Å². The van der Waals surface area contributed by atoms with Crippen LogP contribution >= 0.6 is 0 Å². The fraction of sp³-hybridized carbons (Fsp3) is 0.429. The largest absolute Gasteiger partial charge is 0.307 e. The zero-order valence-corrected chi connectivity index (χ0v) is 27.9. The van der Waals surface area contributed by atoms with Crippen LogP contribution in [0.4, 0.5) is 0 Å². The highest BCUT2D eigenvalue weighted by atomic mass is 14.9. The number of hydrogen-bond acceptors (Lipinski definition) is 2. The van der Waals surface area contributed by atoms with E-state index >= 15 is 0 Å². The summed E-state index contributed by atoms with van der Waals surface area (Å²) in [4.78, 5) is 0. The molecule has 44 heavy (non-hydrogen) atoms. The molecule has 2 heteroatoms. The van der Waals surface area contributed by atoms with Crippen molar-refractivity contribution in [2.45, 2.75) is 102 Å². The maximum absolute atomic E-state index is 3.80. The van der Waals surface area contributed by atoms with Gasteiger partial charge in [0.05, 0.1) is 11.1 Å². The average Bonchev–Trinajstić information content (AvgIpc) is 3.23. The van der Waals surface area contributed by atoms with Crippen molar-refractivity contribution >= 4 is 0 Å². The first-order valence-electron chi connectivity index (χ1n) is 17.2. The normalized spacial score (nSPS) is 24.0. The fourth-order valence-electron chi connectivity index (χ4n) is 8.53. The molecule has 0 bridgehead atoms. The van der Waals surface area contributed by atoms with Crippen LogP contribution in [0.15, 0.2) is 84.9 Å². The van der Waals surface area contributed by atoms with Crippen molar-refractivity contribution in [1.29, 1.82) is 0 Å². The van der Waals surface area contributed by atoms with E-state index in [0.29, 0.717) is 11.8 Å². The van der Waals surface area contributed by atoms with Crippen molar-refractivity contribution in [3.8, 4) is 11.1 Å². The van der Waals surface area contributed by atoms with Crippen LogP contribution in [0.5, 0.6) is 0 Å². The Hall–Kier alpha value is -3.20. The van der Waals surface area contributed by atoms with E-state index in [4.69, 9.17) is 0 Å². The lowest BCUT2D eigenvalue weighted by molar-refractivity contribution is 0.480. The van der Waals surface area contributed by atoms with E-state index in [-0.39, 0.29) is 11.1 Å². The maximum Gasteiger partial charge on any atom is 0.0665 e. The van der Waals surface area contributed by atoms with Crippen LogP contribution in [0, 0.1) is 0 Å². The first-order chi connectivity index (χ1) is 21.4. The van der Waals surface area contributed by atoms with E-state index in [2.05, 4.69) is 137 Å². The van der Waals surface area contributed by atoms with E-state index in [1.54, 1.807) is 0 Å². The number of benzene rings is 4. The molecule has 0 amide bonds. The van der Waals surface area contributed by atoms with E-state index < -0.39 is 0 Å². The second kappa shape index (κ2) is 12.7. The van der Waals surface area contributed by atoms with Gasteiger partial charge in [-0.3, -0.25) is 0 Å². The Balaban J connectivity index is 1.48. The predicted octanol–water partition coefficient (Wildman–Crippen LogP) is 9.98. The molecule has 4 aromatic rings. The number of unbranched alkanes of at least 4 members (excludes halogenated alkanes) is 2. The minimum atomic E-state index is -0.244. The monoisotopic (exact) mass is 584 g/mol. The van der Waals surface area contributed by atoms with Crippen molar-refractivity contribution in [3.05, 3.63) is 129 Å². The van der Waals surface area contributed by atoms with Gasteiger partial charge in [0.15, 0.2) is 0 Å². The smallest absolute Gasteiger partial charge is 0.0665 e. The van der Waals surface area contributed by atoms with Crippen LogP contribution in [0.1, 0.15) is 123 Å². The van der Waals surface area contributed by atoms with Crippen molar-refractivity contribution in [1.82, 2.24) is 10.6 Å². The average molecular weight is 585 g/mol. The van der Waals surface area contributed by atoms with Gasteiger partial charge in [0.25, 0.3) is 0 Å². The number of nitrogens with one attached hydrogen (secondary N) is 2. The minimum absolute atomic E-state index is 0.221.